The predicted molar refractivity (Wildman–Crippen MR) is 55.5 cm³/mol. The van der Waals surface area contributed by atoms with Crippen molar-refractivity contribution in [1.82, 2.24) is 4.98 Å². The van der Waals surface area contributed by atoms with Crippen LogP contribution in [0.25, 0.3) is 0 Å². The molecule has 0 fully saturated rings. The van der Waals surface area contributed by atoms with E-state index in [1.165, 1.54) is 6.07 Å². The first-order valence-corrected chi connectivity index (χ1v) is 5.33. The molecule has 0 saturated heterocycles. The fourth-order valence-corrected chi connectivity index (χ4v) is 1.25. The third-order valence-electron chi connectivity index (χ3n) is 1.84. The van der Waals surface area contributed by atoms with Gasteiger partial charge in [-0.2, -0.15) is 0 Å². The van der Waals surface area contributed by atoms with E-state index >= 15 is 0 Å². The number of pyridine rings is 1. The quantitative estimate of drug-likeness (QED) is 0.746. The molecule has 0 saturated carbocycles. The highest BCUT2D eigenvalue weighted by atomic mass is 79.9. The number of alkyl halides is 1. The Hall–Kier alpha value is -0.440. The van der Waals surface area contributed by atoms with Crippen LogP contribution in [0.5, 0.6) is 0 Å². The van der Waals surface area contributed by atoms with E-state index in [1.807, 2.05) is 0 Å². The van der Waals surface area contributed by atoms with Crippen molar-refractivity contribution in [2.75, 3.05) is 5.33 Å². The number of hydrogen-bond donors (Lipinski definition) is 0. The first-order valence-electron chi connectivity index (χ1n) is 4.20. The van der Waals surface area contributed by atoms with E-state index in [0.29, 0.717) is 12.1 Å². The van der Waals surface area contributed by atoms with Crippen LogP contribution < -0.4 is 0 Å². The third-order valence-corrected chi connectivity index (χ3v) is 3.36. The number of aromatic nitrogens is 1. The van der Waals surface area contributed by atoms with Crippen molar-refractivity contribution < 1.29 is 4.39 Å². The van der Waals surface area contributed by atoms with Gasteiger partial charge in [0.1, 0.15) is 5.82 Å². The highest BCUT2D eigenvalue weighted by Gasteiger charge is 2.19. The van der Waals surface area contributed by atoms with E-state index in [2.05, 4.69) is 34.8 Å². The summed E-state index contributed by atoms with van der Waals surface area (Å²) in [4.78, 5) is 4.02. The molecule has 72 valence electrons. The van der Waals surface area contributed by atoms with Gasteiger partial charge >= 0.3 is 0 Å². The van der Waals surface area contributed by atoms with E-state index in [1.54, 1.807) is 12.3 Å². The summed E-state index contributed by atoms with van der Waals surface area (Å²) in [6.07, 6.45) is 2.29. The highest BCUT2D eigenvalue weighted by Crippen LogP contribution is 2.23. The molecule has 0 radical (unpaired) electrons. The standard InChI is InChI=1S/C10H13BrFN/c1-10(2,7-11)6-9-8(12)4-3-5-13-9/h3-5H,6-7H2,1-2H3. The lowest BCUT2D eigenvalue weighted by Gasteiger charge is -2.20. The summed E-state index contributed by atoms with van der Waals surface area (Å²) in [6.45, 7) is 4.16. The SMILES string of the molecule is CC(C)(CBr)Cc1ncccc1F. The van der Waals surface area contributed by atoms with Crippen LogP contribution in [-0.2, 0) is 6.42 Å². The molecule has 0 bridgehead atoms. The van der Waals surface area contributed by atoms with Gasteiger partial charge in [-0.3, -0.25) is 4.98 Å². The number of halogens is 2. The average molecular weight is 246 g/mol. The van der Waals surface area contributed by atoms with E-state index in [4.69, 9.17) is 0 Å². The molecule has 0 aliphatic heterocycles. The van der Waals surface area contributed by atoms with Crippen molar-refractivity contribution in [3.63, 3.8) is 0 Å². The van der Waals surface area contributed by atoms with Crippen molar-refractivity contribution in [3.8, 4) is 0 Å². The number of rotatable bonds is 3. The highest BCUT2D eigenvalue weighted by molar-refractivity contribution is 9.09. The monoisotopic (exact) mass is 245 g/mol. The van der Waals surface area contributed by atoms with E-state index in [-0.39, 0.29) is 11.2 Å². The van der Waals surface area contributed by atoms with Gasteiger partial charge in [0.05, 0.1) is 5.69 Å². The van der Waals surface area contributed by atoms with Gasteiger partial charge in [0, 0.05) is 11.5 Å². The molecule has 0 atom stereocenters. The number of hydrogen-bond acceptors (Lipinski definition) is 1. The molecule has 0 aliphatic carbocycles. The minimum atomic E-state index is -0.212. The average Bonchev–Trinajstić information content (AvgIpc) is 2.09. The second-order valence-electron chi connectivity index (χ2n) is 3.91. The summed E-state index contributed by atoms with van der Waals surface area (Å²) >= 11 is 3.40. The molecule has 0 amide bonds. The summed E-state index contributed by atoms with van der Waals surface area (Å²) in [5, 5.41) is 0.843. The molecule has 0 aromatic carbocycles. The topological polar surface area (TPSA) is 12.9 Å². The van der Waals surface area contributed by atoms with Gasteiger partial charge in [-0.25, -0.2) is 4.39 Å². The Morgan fingerprint density at radius 2 is 2.23 bits per heavy atom. The molecule has 0 N–H and O–H groups in total. The van der Waals surface area contributed by atoms with Gasteiger partial charge in [0.25, 0.3) is 0 Å². The first kappa shape index (κ1) is 10.6. The maximum atomic E-state index is 13.2. The van der Waals surface area contributed by atoms with Gasteiger partial charge in [-0.15, -0.1) is 0 Å². The third kappa shape index (κ3) is 3.07. The fourth-order valence-electron chi connectivity index (χ4n) is 1.05. The summed E-state index contributed by atoms with van der Waals surface area (Å²) in [7, 11) is 0. The predicted octanol–water partition coefficient (Wildman–Crippen LogP) is 3.18. The number of nitrogens with zero attached hydrogens (tertiary/aromatic N) is 1. The molecular formula is C10H13BrFN. The van der Waals surface area contributed by atoms with Crippen LogP contribution in [0, 0.1) is 11.2 Å². The summed E-state index contributed by atoms with van der Waals surface area (Å²) in [6, 6.07) is 3.06. The lowest BCUT2D eigenvalue weighted by atomic mass is 9.90. The minimum absolute atomic E-state index is 0.0508. The van der Waals surface area contributed by atoms with E-state index in [9.17, 15) is 4.39 Å². The summed E-state index contributed by atoms with van der Waals surface area (Å²) in [5.74, 6) is -0.212. The minimum Gasteiger partial charge on any atom is -0.258 e. The zero-order chi connectivity index (χ0) is 9.90. The molecule has 1 rings (SSSR count). The normalized spacial score (nSPS) is 11.7. The molecular weight excluding hydrogens is 233 g/mol. The van der Waals surface area contributed by atoms with Crippen LogP contribution in [0.3, 0.4) is 0 Å². The lowest BCUT2D eigenvalue weighted by molar-refractivity contribution is 0.408. The molecule has 0 spiro atoms. The Labute approximate surface area is 86.5 Å². The Kier molecular flexibility index (Phi) is 3.42. The van der Waals surface area contributed by atoms with Crippen LogP contribution in [0.1, 0.15) is 19.5 Å². The smallest absolute Gasteiger partial charge is 0.144 e. The van der Waals surface area contributed by atoms with Gasteiger partial charge in [-0.05, 0) is 24.0 Å². The van der Waals surface area contributed by atoms with Crippen LogP contribution >= 0.6 is 15.9 Å². The van der Waals surface area contributed by atoms with E-state index in [0.717, 1.165) is 5.33 Å². The zero-order valence-corrected chi connectivity index (χ0v) is 9.44. The van der Waals surface area contributed by atoms with Gasteiger partial charge in [-0.1, -0.05) is 29.8 Å². The Balaban J connectivity index is 2.80. The second-order valence-corrected chi connectivity index (χ2v) is 4.47. The van der Waals surface area contributed by atoms with Crippen LogP contribution in [0.15, 0.2) is 18.3 Å². The van der Waals surface area contributed by atoms with Crippen LogP contribution in [-0.4, -0.2) is 10.3 Å². The van der Waals surface area contributed by atoms with Gasteiger partial charge < -0.3 is 0 Å². The maximum Gasteiger partial charge on any atom is 0.144 e. The Bertz CT molecular complexity index is 286. The molecule has 0 aliphatic rings. The summed E-state index contributed by atoms with van der Waals surface area (Å²) in [5.41, 5.74) is 0.599. The largest absolute Gasteiger partial charge is 0.258 e. The fraction of sp³-hybridized carbons (Fsp3) is 0.500. The second kappa shape index (κ2) is 4.18. The van der Waals surface area contributed by atoms with E-state index < -0.39 is 0 Å². The van der Waals surface area contributed by atoms with Crippen molar-refractivity contribution in [3.05, 3.63) is 29.8 Å². The Morgan fingerprint density at radius 1 is 1.54 bits per heavy atom. The van der Waals surface area contributed by atoms with Crippen LogP contribution in [0.2, 0.25) is 0 Å². The zero-order valence-electron chi connectivity index (χ0n) is 7.85. The van der Waals surface area contributed by atoms with Gasteiger partial charge in [0.15, 0.2) is 0 Å². The molecule has 1 heterocycles. The van der Waals surface area contributed by atoms with Crippen molar-refractivity contribution in [2.24, 2.45) is 5.41 Å². The first-order chi connectivity index (χ1) is 6.05. The Morgan fingerprint density at radius 3 is 2.77 bits per heavy atom. The molecule has 1 aromatic heterocycles. The molecule has 0 unspecified atom stereocenters. The lowest BCUT2D eigenvalue weighted by Crippen LogP contribution is -2.18. The van der Waals surface area contributed by atoms with Crippen molar-refractivity contribution in [1.29, 1.82) is 0 Å². The van der Waals surface area contributed by atoms with Crippen molar-refractivity contribution in [2.45, 2.75) is 20.3 Å². The van der Waals surface area contributed by atoms with Gasteiger partial charge in [0.2, 0.25) is 0 Å². The van der Waals surface area contributed by atoms with Crippen LogP contribution in [0.4, 0.5) is 4.39 Å². The molecule has 1 nitrogen and oxygen atoms in total. The molecule has 3 heteroatoms. The maximum absolute atomic E-state index is 13.2. The van der Waals surface area contributed by atoms with Crippen molar-refractivity contribution >= 4 is 15.9 Å². The molecule has 13 heavy (non-hydrogen) atoms. The molecule has 1 aromatic rings. The summed E-state index contributed by atoms with van der Waals surface area (Å²) < 4.78 is 13.2.